The standard InChI is InChI=1S/C15H16N4O2.C14H18O4.C8H10O.C6H9ClO3/c1-3-11-4-6-13(7-5-11)21-9-12-8-14(20)19-15(17-12)16-10(2)18-19;1-3-11-5-7-13(8-6-11)18-10-12(15)9-14(16)17-4-2;1-2-7-3-5-8(9)6-4-7;1-2-10-6(9)3-5(8)4-7/h4-8H,3,9H2,1-2H3,(H,16,17,18);5-8H,3-4,9-10H2,1-2H3;3-6,9H,2H2,1H3;2-4H2,1H3. The summed E-state index contributed by atoms with van der Waals surface area (Å²) in [4.78, 5) is 63.8. The Morgan fingerprint density at radius 1 is 0.690 bits per heavy atom. The minimum atomic E-state index is -0.507. The van der Waals surface area contributed by atoms with Crippen molar-refractivity contribution in [1.29, 1.82) is 0 Å². The first kappa shape index (κ1) is 48.1. The molecule has 0 atom stereocenters. The van der Waals surface area contributed by atoms with Crippen LogP contribution in [0.1, 0.15) is 75.7 Å². The Bertz CT molecular complexity index is 2060. The molecule has 2 aromatic heterocycles. The molecule has 15 heteroatoms. The van der Waals surface area contributed by atoms with Crippen LogP contribution in [0.2, 0.25) is 0 Å². The molecule has 312 valence electrons. The van der Waals surface area contributed by atoms with Crippen LogP contribution in [0.3, 0.4) is 0 Å². The van der Waals surface area contributed by atoms with Crippen molar-refractivity contribution in [2.45, 2.75) is 80.3 Å². The van der Waals surface area contributed by atoms with E-state index in [1.807, 2.05) is 60.7 Å². The molecule has 0 spiro atoms. The smallest absolute Gasteiger partial charge is 0.313 e. The molecule has 3 aromatic carbocycles. The van der Waals surface area contributed by atoms with Crippen molar-refractivity contribution >= 4 is 40.9 Å². The van der Waals surface area contributed by atoms with Crippen molar-refractivity contribution < 1.29 is 43.2 Å². The SMILES string of the molecule is CCOC(=O)CC(=O)CCl.CCOC(=O)CC(=O)COc1ccc(CC)cc1.CCc1ccc(O)cc1.CCc1ccc(OCc2cc(=O)n3[nH]c(C)nc3n2)cc1. The second-order valence-corrected chi connectivity index (χ2v) is 12.6. The van der Waals surface area contributed by atoms with Crippen molar-refractivity contribution in [2.24, 2.45) is 0 Å². The molecule has 2 heterocycles. The first-order valence-electron chi connectivity index (χ1n) is 18.9. The number of aromatic hydroxyl groups is 1. The summed E-state index contributed by atoms with van der Waals surface area (Å²) in [5.74, 6) is 1.00. The van der Waals surface area contributed by atoms with Crippen molar-refractivity contribution in [3.8, 4) is 17.2 Å². The molecule has 5 aromatic rings. The zero-order valence-electron chi connectivity index (χ0n) is 33.9. The van der Waals surface area contributed by atoms with Gasteiger partial charge in [0.05, 0.1) is 24.8 Å². The molecule has 0 aliphatic carbocycles. The molecule has 0 bridgehead atoms. The van der Waals surface area contributed by atoms with Gasteiger partial charge in [0.2, 0.25) is 0 Å². The Morgan fingerprint density at radius 2 is 1.16 bits per heavy atom. The molecule has 0 aliphatic heterocycles. The van der Waals surface area contributed by atoms with Crippen molar-refractivity contribution in [3.63, 3.8) is 0 Å². The lowest BCUT2D eigenvalue weighted by atomic mass is 10.2. The summed E-state index contributed by atoms with van der Waals surface area (Å²) >= 11 is 5.14. The van der Waals surface area contributed by atoms with E-state index in [0.717, 1.165) is 25.0 Å². The number of carbonyl (C=O) groups excluding carboxylic acids is 4. The van der Waals surface area contributed by atoms with Gasteiger partial charge in [0.1, 0.15) is 49.1 Å². The number of rotatable bonds is 16. The number of alkyl halides is 1. The predicted molar refractivity (Wildman–Crippen MR) is 221 cm³/mol. The van der Waals surface area contributed by atoms with Gasteiger partial charge in [0, 0.05) is 6.07 Å². The Morgan fingerprint density at radius 3 is 1.62 bits per heavy atom. The summed E-state index contributed by atoms with van der Waals surface area (Å²) in [6, 6.07) is 24.1. The third kappa shape index (κ3) is 18.7. The summed E-state index contributed by atoms with van der Waals surface area (Å²) in [6.45, 7) is 12.1. The van der Waals surface area contributed by atoms with Gasteiger partial charge >= 0.3 is 11.9 Å². The van der Waals surface area contributed by atoms with Crippen LogP contribution < -0.4 is 15.0 Å². The van der Waals surface area contributed by atoms with Crippen LogP contribution in [0.15, 0.2) is 83.7 Å². The van der Waals surface area contributed by atoms with Crippen molar-refractivity contribution in [1.82, 2.24) is 19.6 Å². The second kappa shape index (κ2) is 26.8. The molecule has 58 heavy (non-hydrogen) atoms. The Labute approximate surface area is 343 Å². The number of aryl methyl sites for hydroxylation is 4. The number of benzene rings is 3. The fourth-order valence-corrected chi connectivity index (χ4v) is 4.74. The number of nitrogens with one attached hydrogen (secondary N) is 1. The number of aromatic amines is 1. The zero-order chi connectivity index (χ0) is 42.9. The number of hydrogen-bond acceptors (Lipinski definition) is 12. The highest BCUT2D eigenvalue weighted by Crippen LogP contribution is 2.15. The third-order valence-corrected chi connectivity index (χ3v) is 8.03. The molecule has 2 N–H and O–H groups in total. The Hall–Kier alpha value is -6.02. The highest BCUT2D eigenvalue weighted by Gasteiger charge is 2.11. The predicted octanol–water partition coefficient (Wildman–Crippen LogP) is 6.72. The lowest BCUT2D eigenvalue weighted by Crippen LogP contribution is -2.17. The molecular weight excluding hydrogens is 768 g/mol. The number of nitrogens with zero attached hydrogens (tertiary/aromatic N) is 3. The van der Waals surface area contributed by atoms with E-state index in [1.54, 1.807) is 32.9 Å². The molecule has 0 amide bonds. The number of esters is 2. The van der Waals surface area contributed by atoms with Gasteiger partial charge in [-0.15, -0.1) is 11.6 Å². The fraction of sp³-hybridized carbons (Fsp3) is 0.372. The van der Waals surface area contributed by atoms with Gasteiger partial charge in [-0.2, -0.15) is 9.50 Å². The van der Waals surface area contributed by atoms with Gasteiger partial charge in [-0.25, -0.2) is 4.98 Å². The molecule has 14 nitrogen and oxygen atoms in total. The number of Topliss-reactive ketones (excluding diaryl/α,β-unsaturated/α-hetero) is 2. The zero-order valence-corrected chi connectivity index (χ0v) is 34.7. The number of H-pyrrole nitrogens is 1. The second-order valence-electron chi connectivity index (χ2n) is 12.3. The van der Waals surface area contributed by atoms with Crippen LogP contribution in [0.4, 0.5) is 0 Å². The maximum Gasteiger partial charge on any atom is 0.313 e. The van der Waals surface area contributed by atoms with Gasteiger partial charge in [-0.3, -0.25) is 29.1 Å². The Balaban J connectivity index is 0.000000284. The molecule has 0 saturated heterocycles. The molecule has 0 saturated carbocycles. The number of fused-ring (bicyclic) bond motifs is 1. The number of phenolic OH excluding ortho intramolecular Hbond substituents is 1. The van der Waals surface area contributed by atoms with Crippen LogP contribution in [0, 0.1) is 6.92 Å². The molecular formula is C43H53ClN4O10. The summed E-state index contributed by atoms with van der Waals surface area (Å²) in [5.41, 5.74) is 4.09. The van der Waals surface area contributed by atoms with E-state index < -0.39 is 11.9 Å². The third-order valence-electron chi connectivity index (χ3n) is 7.73. The molecule has 5 rings (SSSR count). The van der Waals surface area contributed by atoms with E-state index in [9.17, 15) is 24.0 Å². The van der Waals surface area contributed by atoms with E-state index >= 15 is 0 Å². The van der Waals surface area contributed by atoms with Crippen LogP contribution >= 0.6 is 11.6 Å². The molecule has 0 aliphatic rings. The van der Waals surface area contributed by atoms with Gasteiger partial charge in [-0.1, -0.05) is 57.2 Å². The van der Waals surface area contributed by atoms with Crippen molar-refractivity contribution in [2.75, 3.05) is 25.7 Å². The number of carbonyl (C=O) groups is 4. The fourth-order valence-electron chi connectivity index (χ4n) is 4.65. The largest absolute Gasteiger partial charge is 0.508 e. The van der Waals surface area contributed by atoms with Crippen LogP contribution in [-0.2, 0) is 54.5 Å². The quantitative estimate of drug-likeness (QED) is 0.0609. The van der Waals surface area contributed by atoms with Crippen LogP contribution in [0.5, 0.6) is 17.2 Å². The highest BCUT2D eigenvalue weighted by molar-refractivity contribution is 6.28. The lowest BCUT2D eigenvalue weighted by molar-refractivity contribution is -0.147. The topological polar surface area (TPSA) is 188 Å². The van der Waals surface area contributed by atoms with E-state index in [4.69, 9.17) is 26.2 Å². The summed E-state index contributed by atoms with van der Waals surface area (Å²) < 4.78 is 21.4. The number of ether oxygens (including phenoxy) is 4. The van der Waals surface area contributed by atoms with Gasteiger partial charge in [0.15, 0.2) is 11.6 Å². The van der Waals surface area contributed by atoms with Crippen molar-refractivity contribution in [3.05, 3.63) is 117 Å². The number of hydrogen-bond donors (Lipinski definition) is 2. The number of aromatic nitrogens is 4. The first-order valence-corrected chi connectivity index (χ1v) is 19.4. The maximum atomic E-state index is 11.9. The van der Waals surface area contributed by atoms with Crippen LogP contribution in [0.25, 0.3) is 5.78 Å². The maximum absolute atomic E-state index is 11.9. The van der Waals surface area contributed by atoms with Crippen LogP contribution in [-0.4, -0.2) is 73.9 Å². The minimum absolute atomic E-state index is 0.107. The average Bonchev–Trinajstić information content (AvgIpc) is 3.61. The van der Waals surface area contributed by atoms with E-state index in [1.165, 1.54) is 27.3 Å². The number of ketones is 2. The van der Waals surface area contributed by atoms with Gasteiger partial charge in [-0.05, 0) is 93.1 Å². The molecule has 0 radical (unpaired) electrons. The Kier molecular flexibility index (Phi) is 22.2. The summed E-state index contributed by atoms with van der Waals surface area (Å²) in [7, 11) is 0. The van der Waals surface area contributed by atoms with Gasteiger partial charge in [0.25, 0.3) is 11.3 Å². The molecule has 0 fully saturated rings. The van der Waals surface area contributed by atoms with E-state index in [-0.39, 0.29) is 55.7 Å². The number of phenols is 1. The van der Waals surface area contributed by atoms with Gasteiger partial charge < -0.3 is 24.1 Å². The normalized spacial score (nSPS) is 10.1. The average molecular weight is 821 g/mol. The summed E-state index contributed by atoms with van der Waals surface area (Å²) in [6.07, 6.45) is 2.54. The molecule has 0 unspecified atom stereocenters. The minimum Gasteiger partial charge on any atom is -0.508 e. The monoisotopic (exact) mass is 820 g/mol. The lowest BCUT2D eigenvalue weighted by Gasteiger charge is -2.06. The number of halogens is 1. The van der Waals surface area contributed by atoms with E-state index in [2.05, 4.69) is 45.3 Å². The highest BCUT2D eigenvalue weighted by atomic mass is 35.5. The first-order chi connectivity index (χ1) is 27.8. The van der Waals surface area contributed by atoms with E-state index in [0.29, 0.717) is 35.4 Å². The summed E-state index contributed by atoms with van der Waals surface area (Å²) in [5, 5.41) is 11.7.